The summed E-state index contributed by atoms with van der Waals surface area (Å²) in [6, 6.07) is 24.1. The van der Waals surface area contributed by atoms with Gasteiger partial charge in [-0.25, -0.2) is 19.3 Å². The molecule has 0 spiro atoms. The molecule has 0 aliphatic rings. The topological polar surface area (TPSA) is 140 Å². The predicted molar refractivity (Wildman–Crippen MR) is 183 cm³/mol. The number of fused-ring (bicyclic) bond motifs is 3. The Labute approximate surface area is 275 Å². The number of imidazole rings is 1. The van der Waals surface area contributed by atoms with E-state index < -0.39 is 25.3 Å². The van der Waals surface area contributed by atoms with Gasteiger partial charge < -0.3 is 24.3 Å². The minimum Gasteiger partial charge on any atom is -0.425 e. The standard InChI is InChI=1S/C35H42N5O6P/c1-5-7-22-35(4,40-30(23-43-6-2)38-31-32(40)28-20-14-15-21-29(28)37-33(31)36)24-44-47(42,46-27-18-12-9-13-19-27)39-25(3)34(41)45-26-16-10-8-11-17-26/h8-21,25H,5-7,22-24H2,1-4H3,(H2,36,37)(H,39,42)/t25-,35-,47+/m0/s1. The van der Waals surface area contributed by atoms with Crippen LogP contribution in [0.5, 0.6) is 11.5 Å². The Morgan fingerprint density at radius 2 is 1.64 bits per heavy atom. The summed E-state index contributed by atoms with van der Waals surface area (Å²) in [6.45, 7) is 8.26. The van der Waals surface area contributed by atoms with Gasteiger partial charge in [0.15, 0.2) is 5.82 Å². The molecule has 0 aliphatic carbocycles. The van der Waals surface area contributed by atoms with E-state index in [-0.39, 0.29) is 13.2 Å². The molecule has 11 nitrogen and oxygen atoms in total. The van der Waals surface area contributed by atoms with Crippen LogP contribution < -0.4 is 20.1 Å². The summed E-state index contributed by atoms with van der Waals surface area (Å²) >= 11 is 0. The molecular weight excluding hydrogens is 617 g/mol. The molecule has 0 aliphatic heterocycles. The van der Waals surface area contributed by atoms with Crippen LogP contribution in [0.2, 0.25) is 0 Å². The Hall–Kier alpha value is -4.28. The van der Waals surface area contributed by atoms with E-state index in [4.69, 9.17) is 29.2 Å². The smallest absolute Gasteiger partial charge is 0.425 e. The third-order valence-corrected chi connectivity index (χ3v) is 9.44. The lowest BCUT2D eigenvalue weighted by Crippen LogP contribution is -2.40. The van der Waals surface area contributed by atoms with Gasteiger partial charge in [0.05, 0.1) is 23.2 Å². The van der Waals surface area contributed by atoms with E-state index in [1.165, 1.54) is 0 Å². The molecular formula is C35H42N5O6P. The first kappa shape index (κ1) is 34.1. The maximum atomic E-state index is 14.6. The normalized spacial score (nSPS) is 14.8. The van der Waals surface area contributed by atoms with Crippen LogP contribution in [0.4, 0.5) is 5.82 Å². The van der Waals surface area contributed by atoms with Crippen molar-refractivity contribution in [3.63, 3.8) is 0 Å². The molecule has 2 aromatic heterocycles. The number of benzene rings is 3. The van der Waals surface area contributed by atoms with Gasteiger partial charge in [-0.3, -0.25) is 4.52 Å². The summed E-state index contributed by atoms with van der Waals surface area (Å²) < 4.78 is 40.4. The lowest BCUT2D eigenvalue weighted by atomic mass is 9.94. The molecule has 5 aromatic rings. The van der Waals surface area contributed by atoms with Gasteiger partial charge in [0.2, 0.25) is 0 Å². The van der Waals surface area contributed by atoms with Gasteiger partial charge in [0.25, 0.3) is 0 Å². The van der Waals surface area contributed by atoms with E-state index in [0.29, 0.717) is 41.7 Å². The maximum Gasteiger partial charge on any atom is 0.459 e. The second kappa shape index (κ2) is 15.1. The van der Waals surface area contributed by atoms with Crippen molar-refractivity contribution in [2.75, 3.05) is 18.9 Å². The summed E-state index contributed by atoms with van der Waals surface area (Å²) in [7, 11) is -4.19. The fourth-order valence-corrected chi connectivity index (χ4v) is 7.05. The fraction of sp³-hybridized carbons (Fsp3) is 0.343. The molecule has 0 saturated heterocycles. The molecule has 248 valence electrons. The highest BCUT2D eigenvalue weighted by atomic mass is 31.2. The fourth-order valence-electron chi connectivity index (χ4n) is 5.44. The number of anilines is 1. The van der Waals surface area contributed by atoms with E-state index in [0.717, 1.165) is 29.3 Å². The SMILES string of the molecule is CCCC[C@@](C)(CO[P@](=O)(N[C@@H](C)C(=O)Oc1ccccc1)Oc1ccccc1)n1c(COCC)nc2c(N)nc3ccccc3c21. The third-order valence-electron chi connectivity index (χ3n) is 7.81. The van der Waals surface area contributed by atoms with E-state index in [1.54, 1.807) is 55.5 Å². The van der Waals surface area contributed by atoms with Gasteiger partial charge in [-0.2, -0.15) is 5.09 Å². The monoisotopic (exact) mass is 659 g/mol. The summed E-state index contributed by atoms with van der Waals surface area (Å²) in [5.74, 6) is 0.990. The number of carbonyl (C=O) groups is 1. The van der Waals surface area contributed by atoms with E-state index in [1.807, 2.05) is 50.2 Å². The second-order valence-corrected chi connectivity index (χ2v) is 13.3. The molecule has 3 aromatic carbocycles. The van der Waals surface area contributed by atoms with Crippen LogP contribution in [0.3, 0.4) is 0 Å². The molecule has 2 heterocycles. The minimum atomic E-state index is -4.19. The zero-order chi connectivity index (χ0) is 33.4. The number of nitrogens with two attached hydrogens (primary N) is 1. The summed E-state index contributed by atoms with van der Waals surface area (Å²) in [4.78, 5) is 22.6. The van der Waals surface area contributed by atoms with Crippen molar-refractivity contribution < 1.29 is 27.9 Å². The molecule has 0 fully saturated rings. The first-order valence-electron chi connectivity index (χ1n) is 15.8. The van der Waals surface area contributed by atoms with E-state index in [9.17, 15) is 9.36 Å². The van der Waals surface area contributed by atoms with Gasteiger partial charge in [0.1, 0.15) is 35.5 Å². The molecule has 0 unspecified atom stereocenters. The highest BCUT2D eigenvalue weighted by Crippen LogP contribution is 2.47. The van der Waals surface area contributed by atoms with Gasteiger partial charge in [0, 0.05) is 12.0 Å². The number of nitrogens with zero attached hydrogens (tertiary/aromatic N) is 3. The number of unbranched alkanes of at least 4 members (excludes halogenated alkanes) is 1. The number of carbonyl (C=O) groups excluding carboxylic acids is 1. The zero-order valence-electron chi connectivity index (χ0n) is 27.2. The number of ether oxygens (including phenoxy) is 2. The number of aromatic nitrogens is 3. The van der Waals surface area contributed by atoms with Crippen molar-refractivity contribution in [2.45, 2.75) is 65.1 Å². The predicted octanol–water partition coefficient (Wildman–Crippen LogP) is 7.40. The number of para-hydroxylation sites is 3. The second-order valence-electron chi connectivity index (χ2n) is 11.6. The summed E-state index contributed by atoms with van der Waals surface area (Å²) in [6.07, 6.45) is 2.39. The largest absolute Gasteiger partial charge is 0.459 e. The van der Waals surface area contributed by atoms with Crippen LogP contribution in [0.15, 0.2) is 84.9 Å². The minimum absolute atomic E-state index is 0.0638. The molecule has 47 heavy (non-hydrogen) atoms. The van der Waals surface area contributed by atoms with Gasteiger partial charge in [-0.1, -0.05) is 74.4 Å². The Kier molecular flexibility index (Phi) is 10.9. The molecule has 0 saturated carbocycles. The van der Waals surface area contributed by atoms with Crippen LogP contribution in [0, 0.1) is 0 Å². The highest BCUT2D eigenvalue weighted by molar-refractivity contribution is 7.52. The molecule has 12 heteroatoms. The van der Waals surface area contributed by atoms with Gasteiger partial charge in [-0.15, -0.1) is 0 Å². The van der Waals surface area contributed by atoms with E-state index in [2.05, 4.69) is 21.6 Å². The van der Waals surface area contributed by atoms with Crippen molar-refractivity contribution in [1.29, 1.82) is 0 Å². The quantitative estimate of drug-likeness (QED) is 0.0626. The van der Waals surface area contributed by atoms with Crippen molar-refractivity contribution in [3.8, 4) is 11.5 Å². The van der Waals surface area contributed by atoms with Gasteiger partial charge >= 0.3 is 13.7 Å². The molecule has 0 bridgehead atoms. The van der Waals surface area contributed by atoms with Crippen molar-refractivity contribution >= 4 is 41.5 Å². The first-order chi connectivity index (χ1) is 22.7. The first-order valence-corrected chi connectivity index (χ1v) is 17.4. The van der Waals surface area contributed by atoms with Crippen molar-refractivity contribution in [1.82, 2.24) is 19.6 Å². The number of hydrogen-bond acceptors (Lipinski definition) is 9. The Morgan fingerprint density at radius 1 is 0.979 bits per heavy atom. The van der Waals surface area contributed by atoms with Crippen LogP contribution in [-0.2, 0) is 30.8 Å². The van der Waals surface area contributed by atoms with Crippen molar-refractivity contribution in [3.05, 3.63) is 90.8 Å². The summed E-state index contributed by atoms with van der Waals surface area (Å²) in [5.41, 5.74) is 7.73. The molecule has 3 atom stereocenters. The summed E-state index contributed by atoms with van der Waals surface area (Å²) in [5, 5.41) is 3.69. The zero-order valence-corrected chi connectivity index (χ0v) is 28.1. The number of nitrogen functional groups attached to an aromatic ring is 1. The lowest BCUT2D eigenvalue weighted by molar-refractivity contribution is -0.136. The molecule has 0 radical (unpaired) electrons. The maximum absolute atomic E-state index is 14.6. The Morgan fingerprint density at radius 3 is 2.32 bits per heavy atom. The molecule has 5 rings (SSSR count). The number of nitrogens with one attached hydrogen (secondary N) is 1. The number of rotatable bonds is 16. The van der Waals surface area contributed by atoms with Crippen LogP contribution in [0.1, 0.15) is 52.8 Å². The van der Waals surface area contributed by atoms with Crippen LogP contribution >= 0.6 is 7.75 Å². The average Bonchev–Trinajstić information content (AvgIpc) is 3.48. The third kappa shape index (κ3) is 8.00. The Bertz CT molecular complexity index is 1850. The Balaban J connectivity index is 1.55. The van der Waals surface area contributed by atoms with Crippen LogP contribution in [0.25, 0.3) is 21.9 Å². The number of esters is 1. The van der Waals surface area contributed by atoms with Crippen molar-refractivity contribution in [2.24, 2.45) is 0 Å². The highest BCUT2D eigenvalue weighted by Gasteiger charge is 2.39. The molecule has 0 amide bonds. The van der Waals surface area contributed by atoms with E-state index >= 15 is 0 Å². The van der Waals surface area contributed by atoms with Gasteiger partial charge in [-0.05, 0) is 57.5 Å². The van der Waals surface area contributed by atoms with Crippen LogP contribution in [-0.4, -0.2) is 39.8 Å². The molecule has 3 N–H and O–H groups in total. The lowest BCUT2D eigenvalue weighted by Gasteiger charge is -2.35. The number of pyridine rings is 1. The average molecular weight is 660 g/mol. The number of hydrogen-bond donors (Lipinski definition) is 2.